The van der Waals surface area contributed by atoms with Gasteiger partial charge in [0.2, 0.25) is 5.88 Å². The summed E-state index contributed by atoms with van der Waals surface area (Å²) in [5, 5.41) is 20.4. The van der Waals surface area contributed by atoms with Crippen LogP contribution in [0.1, 0.15) is 5.56 Å². The number of nitro groups is 1. The van der Waals surface area contributed by atoms with Gasteiger partial charge < -0.3 is 5.11 Å². The van der Waals surface area contributed by atoms with Crippen molar-refractivity contribution in [1.29, 1.82) is 0 Å². The Morgan fingerprint density at radius 2 is 1.77 bits per heavy atom. The molecule has 22 heavy (non-hydrogen) atoms. The van der Waals surface area contributed by atoms with Crippen LogP contribution in [0.3, 0.4) is 0 Å². The third kappa shape index (κ3) is 2.64. The SMILES string of the molecule is Cn1c(O)c(C=Nc2ccc([N+](=O)[O-])cc2)c(=O)n(C)c1=O. The van der Waals surface area contributed by atoms with E-state index in [0.29, 0.717) is 5.69 Å². The molecule has 0 bridgehead atoms. The second kappa shape index (κ2) is 5.64. The summed E-state index contributed by atoms with van der Waals surface area (Å²) in [6.45, 7) is 0. The maximum atomic E-state index is 11.9. The van der Waals surface area contributed by atoms with Crippen molar-refractivity contribution in [1.82, 2.24) is 9.13 Å². The minimum absolute atomic E-state index is 0.0835. The maximum Gasteiger partial charge on any atom is 0.333 e. The summed E-state index contributed by atoms with van der Waals surface area (Å²) in [5.74, 6) is -0.501. The molecule has 0 radical (unpaired) electrons. The zero-order valence-corrected chi connectivity index (χ0v) is 11.8. The number of hydrogen-bond acceptors (Lipinski definition) is 6. The van der Waals surface area contributed by atoms with E-state index in [0.717, 1.165) is 15.3 Å². The fraction of sp³-hybridized carbons (Fsp3) is 0.154. The van der Waals surface area contributed by atoms with Gasteiger partial charge in [-0.05, 0) is 12.1 Å². The Labute approximate surface area is 123 Å². The lowest BCUT2D eigenvalue weighted by atomic mass is 10.3. The van der Waals surface area contributed by atoms with Gasteiger partial charge in [0.25, 0.3) is 11.2 Å². The molecule has 2 aromatic rings. The summed E-state index contributed by atoms with van der Waals surface area (Å²) in [6, 6.07) is 5.34. The first-order valence-corrected chi connectivity index (χ1v) is 6.10. The minimum Gasteiger partial charge on any atom is -0.494 e. The Morgan fingerprint density at radius 1 is 1.18 bits per heavy atom. The highest BCUT2D eigenvalue weighted by atomic mass is 16.6. The van der Waals surface area contributed by atoms with Crippen LogP contribution in [-0.2, 0) is 14.1 Å². The van der Waals surface area contributed by atoms with Crippen molar-refractivity contribution >= 4 is 17.6 Å². The van der Waals surface area contributed by atoms with Gasteiger partial charge in [0.05, 0.1) is 10.6 Å². The van der Waals surface area contributed by atoms with E-state index in [4.69, 9.17) is 0 Å². The first kappa shape index (κ1) is 15.2. The van der Waals surface area contributed by atoms with Crippen molar-refractivity contribution < 1.29 is 10.0 Å². The van der Waals surface area contributed by atoms with Crippen molar-refractivity contribution in [3.8, 4) is 5.88 Å². The van der Waals surface area contributed by atoms with E-state index in [1.165, 1.54) is 38.4 Å². The lowest BCUT2D eigenvalue weighted by Crippen LogP contribution is -2.38. The van der Waals surface area contributed by atoms with Gasteiger partial charge >= 0.3 is 5.69 Å². The van der Waals surface area contributed by atoms with Gasteiger partial charge in [-0.15, -0.1) is 0 Å². The fourth-order valence-corrected chi connectivity index (χ4v) is 1.77. The predicted molar refractivity (Wildman–Crippen MR) is 78.9 cm³/mol. The lowest BCUT2D eigenvalue weighted by Gasteiger charge is -2.06. The number of non-ortho nitro benzene ring substituents is 1. The highest BCUT2D eigenvalue weighted by molar-refractivity contribution is 5.84. The largest absolute Gasteiger partial charge is 0.494 e. The summed E-state index contributed by atoms with van der Waals surface area (Å²) in [7, 11) is 2.60. The summed E-state index contributed by atoms with van der Waals surface area (Å²) >= 11 is 0. The van der Waals surface area contributed by atoms with Crippen LogP contribution in [0.25, 0.3) is 0 Å². The van der Waals surface area contributed by atoms with Gasteiger partial charge in [0, 0.05) is 32.4 Å². The average Bonchev–Trinajstić information content (AvgIpc) is 2.51. The molecule has 0 amide bonds. The normalized spacial score (nSPS) is 11.0. The highest BCUT2D eigenvalue weighted by Crippen LogP contribution is 2.18. The van der Waals surface area contributed by atoms with Gasteiger partial charge in [-0.3, -0.25) is 29.0 Å². The molecule has 114 valence electrons. The number of aliphatic imine (C=N–C) groups is 1. The molecule has 0 saturated heterocycles. The molecular formula is C13H12N4O5. The molecular weight excluding hydrogens is 292 g/mol. The Hall–Kier alpha value is -3.23. The Kier molecular flexibility index (Phi) is 3.89. The van der Waals surface area contributed by atoms with E-state index >= 15 is 0 Å². The second-order valence-corrected chi connectivity index (χ2v) is 4.47. The summed E-state index contributed by atoms with van der Waals surface area (Å²) in [4.78, 5) is 37.5. The number of aromatic nitrogens is 2. The molecule has 1 aromatic heterocycles. The number of benzene rings is 1. The van der Waals surface area contributed by atoms with Crippen molar-refractivity contribution in [3.05, 3.63) is 60.8 Å². The van der Waals surface area contributed by atoms with Gasteiger partial charge in [-0.1, -0.05) is 0 Å². The quantitative estimate of drug-likeness (QED) is 0.501. The van der Waals surface area contributed by atoms with Crippen LogP contribution in [-0.4, -0.2) is 25.4 Å². The Morgan fingerprint density at radius 3 is 2.32 bits per heavy atom. The van der Waals surface area contributed by atoms with E-state index in [1.54, 1.807) is 0 Å². The highest BCUT2D eigenvalue weighted by Gasteiger charge is 2.12. The van der Waals surface area contributed by atoms with Gasteiger partial charge in [-0.2, -0.15) is 0 Å². The molecule has 0 unspecified atom stereocenters. The number of nitrogens with zero attached hydrogens (tertiary/aromatic N) is 4. The summed E-state index contributed by atoms with van der Waals surface area (Å²) in [6.07, 6.45) is 1.11. The Bertz CT molecular complexity index is 877. The van der Waals surface area contributed by atoms with Crippen LogP contribution in [0.4, 0.5) is 11.4 Å². The smallest absolute Gasteiger partial charge is 0.333 e. The molecule has 2 rings (SSSR count). The molecule has 0 spiro atoms. The fourth-order valence-electron chi connectivity index (χ4n) is 1.77. The first-order valence-electron chi connectivity index (χ1n) is 6.10. The van der Waals surface area contributed by atoms with Crippen LogP contribution in [0.2, 0.25) is 0 Å². The molecule has 0 atom stereocenters. The van der Waals surface area contributed by atoms with E-state index in [2.05, 4.69) is 4.99 Å². The van der Waals surface area contributed by atoms with Crippen LogP contribution < -0.4 is 11.2 Å². The molecule has 9 nitrogen and oxygen atoms in total. The zero-order valence-electron chi connectivity index (χ0n) is 11.8. The van der Waals surface area contributed by atoms with E-state index in [-0.39, 0.29) is 11.3 Å². The molecule has 0 aliphatic rings. The molecule has 1 heterocycles. The number of rotatable bonds is 3. The second-order valence-electron chi connectivity index (χ2n) is 4.47. The van der Waals surface area contributed by atoms with Crippen molar-refractivity contribution in [2.24, 2.45) is 19.1 Å². The van der Waals surface area contributed by atoms with Crippen molar-refractivity contribution in [2.45, 2.75) is 0 Å². The average molecular weight is 304 g/mol. The van der Waals surface area contributed by atoms with Crippen LogP contribution in [0, 0.1) is 10.1 Å². The standard InChI is InChI=1S/C13H12N4O5/c1-15-11(18)10(12(19)16(2)13(15)20)7-14-8-3-5-9(6-4-8)17(21)22/h3-7,18H,1-2H3. The molecule has 0 fully saturated rings. The Balaban J connectivity index is 2.45. The molecule has 1 N–H and O–H groups in total. The van der Waals surface area contributed by atoms with Crippen molar-refractivity contribution in [2.75, 3.05) is 0 Å². The maximum absolute atomic E-state index is 11.9. The monoisotopic (exact) mass is 304 g/mol. The number of aromatic hydroxyl groups is 1. The van der Waals surface area contributed by atoms with Crippen LogP contribution in [0.15, 0.2) is 38.8 Å². The van der Waals surface area contributed by atoms with Crippen molar-refractivity contribution in [3.63, 3.8) is 0 Å². The predicted octanol–water partition coefficient (Wildman–Crippen LogP) is 0.448. The third-order valence-corrected chi connectivity index (χ3v) is 3.07. The lowest BCUT2D eigenvalue weighted by molar-refractivity contribution is -0.384. The molecule has 1 aromatic carbocycles. The van der Waals surface area contributed by atoms with E-state index in [1.807, 2.05) is 0 Å². The van der Waals surface area contributed by atoms with E-state index < -0.39 is 22.1 Å². The molecule has 0 aliphatic heterocycles. The minimum atomic E-state index is -0.689. The summed E-state index contributed by atoms with van der Waals surface area (Å²) < 4.78 is 1.76. The van der Waals surface area contributed by atoms with Gasteiger partial charge in [-0.25, -0.2) is 4.79 Å². The summed E-state index contributed by atoms with van der Waals surface area (Å²) in [5.41, 5.74) is -1.22. The third-order valence-electron chi connectivity index (χ3n) is 3.07. The first-order chi connectivity index (χ1) is 10.3. The zero-order chi connectivity index (χ0) is 16.4. The van der Waals surface area contributed by atoms with E-state index in [9.17, 15) is 24.8 Å². The topological polar surface area (TPSA) is 120 Å². The number of nitro benzene ring substituents is 1. The van der Waals surface area contributed by atoms with Crippen LogP contribution >= 0.6 is 0 Å². The van der Waals surface area contributed by atoms with Gasteiger partial charge in [0.15, 0.2) is 0 Å². The molecule has 0 aliphatic carbocycles. The molecule has 0 saturated carbocycles. The van der Waals surface area contributed by atoms with Gasteiger partial charge in [0.1, 0.15) is 5.56 Å². The van der Waals surface area contributed by atoms with Crippen LogP contribution in [0.5, 0.6) is 5.88 Å². The molecule has 9 heteroatoms. The number of hydrogen-bond donors (Lipinski definition) is 1.